The Hall–Kier alpha value is -1.84. The Bertz CT molecular complexity index is 296. The van der Waals surface area contributed by atoms with Crippen LogP contribution < -0.4 is 5.32 Å². The molecule has 0 aliphatic rings. The van der Waals surface area contributed by atoms with E-state index < -0.39 is 6.09 Å². The van der Waals surface area contributed by atoms with E-state index in [-0.39, 0.29) is 0 Å². The van der Waals surface area contributed by atoms with Gasteiger partial charge in [-0.3, -0.25) is 4.98 Å². The van der Waals surface area contributed by atoms with Crippen LogP contribution >= 0.6 is 0 Å². The van der Waals surface area contributed by atoms with Crippen LogP contribution in [-0.2, 0) is 0 Å². The summed E-state index contributed by atoms with van der Waals surface area (Å²) in [4.78, 5) is 14.1. The molecule has 0 fully saturated rings. The quantitative estimate of drug-likeness (QED) is 0.734. The van der Waals surface area contributed by atoms with E-state index in [1.54, 1.807) is 18.3 Å². The van der Waals surface area contributed by atoms with Crippen LogP contribution in [0.1, 0.15) is 5.69 Å². The Labute approximate surface area is 75.9 Å². The summed E-state index contributed by atoms with van der Waals surface area (Å²) in [6, 6.07) is 5.54. The van der Waals surface area contributed by atoms with Crippen LogP contribution in [0.2, 0.25) is 0 Å². The maximum absolute atomic E-state index is 10.1. The third-order valence-electron chi connectivity index (χ3n) is 1.35. The zero-order chi connectivity index (χ0) is 9.52. The molecule has 0 aliphatic carbocycles. The van der Waals surface area contributed by atoms with Crippen molar-refractivity contribution in [2.24, 2.45) is 0 Å². The van der Waals surface area contributed by atoms with Crippen LogP contribution in [0.4, 0.5) is 4.79 Å². The number of amides is 1. The molecule has 68 valence electrons. The maximum Gasteiger partial charge on any atom is 0.404 e. The van der Waals surface area contributed by atoms with Gasteiger partial charge in [-0.2, -0.15) is 0 Å². The van der Waals surface area contributed by atoms with Gasteiger partial charge in [0.25, 0.3) is 0 Å². The van der Waals surface area contributed by atoms with E-state index in [0.29, 0.717) is 6.54 Å². The highest BCUT2D eigenvalue weighted by Gasteiger charge is 1.88. The highest BCUT2D eigenvalue weighted by Crippen LogP contribution is 1.94. The second-order valence-electron chi connectivity index (χ2n) is 2.34. The Balaban J connectivity index is 2.37. The first-order valence-corrected chi connectivity index (χ1v) is 3.83. The summed E-state index contributed by atoms with van der Waals surface area (Å²) in [5, 5.41) is 10.5. The third kappa shape index (κ3) is 3.91. The van der Waals surface area contributed by atoms with Crippen molar-refractivity contribution in [3.05, 3.63) is 36.2 Å². The molecule has 0 atom stereocenters. The summed E-state index contributed by atoms with van der Waals surface area (Å²) in [5.74, 6) is 0. The largest absolute Gasteiger partial charge is 0.465 e. The van der Waals surface area contributed by atoms with Gasteiger partial charge in [-0.05, 0) is 18.2 Å². The van der Waals surface area contributed by atoms with Crippen molar-refractivity contribution in [1.29, 1.82) is 0 Å². The minimum atomic E-state index is -1.02. The predicted octanol–water partition coefficient (Wildman–Crippen LogP) is 1.36. The van der Waals surface area contributed by atoms with Gasteiger partial charge >= 0.3 is 6.09 Å². The van der Waals surface area contributed by atoms with E-state index in [9.17, 15) is 4.79 Å². The fourth-order valence-electron chi connectivity index (χ4n) is 0.800. The van der Waals surface area contributed by atoms with Crippen molar-refractivity contribution in [1.82, 2.24) is 10.3 Å². The van der Waals surface area contributed by atoms with Gasteiger partial charge in [0.15, 0.2) is 0 Å². The van der Waals surface area contributed by atoms with Gasteiger partial charge in [0.1, 0.15) is 0 Å². The molecule has 1 aromatic rings. The van der Waals surface area contributed by atoms with Gasteiger partial charge in [-0.15, -0.1) is 0 Å². The normalized spacial score (nSPS) is 10.2. The number of carbonyl (C=O) groups is 1. The first-order valence-electron chi connectivity index (χ1n) is 3.83. The molecular formula is C9H10N2O2. The zero-order valence-corrected chi connectivity index (χ0v) is 6.97. The van der Waals surface area contributed by atoms with Crippen LogP contribution in [-0.4, -0.2) is 22.7 Å². The molecule has 0 radical (unpaired) electrons. The molecule has 4 nitrogen and oxygen atoms in total. The fourth-order valence-corrected chi connectivity index (χ4v) is 0.800. The summed E-state index contributed by atoms with van der Waals surface area (Å²) in [5.41, 5.74) is 0.815. The van der Waals surface area contributed by atoms with E-state index in [2.05, 4.69) is 10.3 Å². The molecule has 0 spiro atoms. The number of pyridine rings is 1. The van der Waals surface area contributed by atoms with Gasteiger partial charge in [-0.25, -0.2) is 4.79 Å². The monoisotopic (exact) mass is 178 g/mol. The summed E-state index contributed by atoms with van der Waals surface area (Å²) in [6.07, 6.45) is 4.13. The lowest BCUT2D eigenvalue weighted by atomic mass is 10.3. The third-order valence-corrected chi connectivity index (χ3v) is 1.35. The van der Waals surface area contributed by atoms with Crippen LogP contribution in [0.15, 0.2) is 30.5 Å². The minimum Gasteiger partial charge on any atom is -0.465 e. The molecule has 0 aromatic carbocycles. The van der Waals surface area contributed by atoms with Crippen LogP contribution in [0, 0.1) is 0 Å². The molecule has 1 amide bonds. The zero-order valence-electron chi connectivity index (χ0n) is 6.97. The Morgan fingerprint density at radius 3 is 3.08 bits per heavy atom. The number of hydrogen-bond acceptors (Lipinski definition) is 2. The van der Waals surface area contributed by atoms with Crippen LogP contribution in [0.25, 0.3) is 6.08 Å². The van der Waals surface area contributed by atoms with E-state index in [0.717, 1.165) is 5.69 Å². The molecule has 2 N–H and O–H groups in total. The topological polar surface area (TPSA) is 62.2 Å². The minimum absolute atomic E-state index is 0.298. The van der Waals surface area contributed by atoms with Gasteiger partial charge in [-0.1, -0.05) is 12.1 Å². The predicted molar refractivity (Wildman–Crippen MR) is 49.3 cm³/mol. The second kappa shape index (κ2) is 4.92. The Morgan fingerprint density at radius 2 is 2.46 bits per heavy atom. The summed E-state index contributed by atoms with van der Waals surface area (Å²) < 4.78 is 0. The standard InChI is InChI=1S/C9H10N2O2/c12-9(13)11-7-3-5-8-4-1-2-6-10-8/h1-6,11H,7H2,(H,12,13). The number of aromatic nitrogens is 1. The smallest absolute Gasteiger partial charge is 0.404 e. The SMILES string of the molecule is O=C(O)NCC=Cc1ccccn1. The molecular weight excluding hydrogens is 168 g/mol. The summed E-state index contributed by atoms with van der Waals surface area (Å²) in [6.45, 7) is 0.298. The highest BCUT2D eigenvalue weighted by molar-refractivity contribution is 5.64. The molecule has 0 saturated carbocycles. The number of hydrogen-bond donors (Lipinski definition) is 2. The van der Waals surface area contributed by atoms with Crippen molar-refractivity contribution in [3.8, 4) is 0 Å². The van der Waals surface area contributed by atoms with E-state index in [1.165, 1.54) is 0 Å². The first kappa shape index (κ1) is 9.25. The maximum atomic E-state index is 10.1. The number of nitrogens with zero attached hydrogens (tertiary/aromatic N) is 1. The molecule has 0 saturated heterocycles. The van der Waals surface area contributed by atoms with Gasteiger partial charge in [0.05, 0.1) is 5.69 Å². The molecule has 1 heterocycles. The van der Waals surface area contributed by atoms with Crippen molar-refractivity contribution < 1.29 is 9.90 Å². The lowest BCUT2D eigenvalue weighted by Crippen LogP contribution is -2.20. The Morgan fingerprint density at radius 1 is 1.62 bits per heavy atom. The molecule has 0 unspecified atom stereocenters. The summed E-state index contributed by atoms with van der Waals surface area (Å²) in [7, 11) is 0. The highest BCUT2D eigenvalue weighted by atomic mass is 16.4. The van der Waals surface area contributed by atoms with Crippen molar-refractivity contribution in [3.63, 3.8) is 0 Å². The lowest BCUT2D eigenvalue weighted by Gasteiger charge is -1.93. The Kier molecular flexibility index (Phi) is 3.50. The second-order valence-corrected chi connectivity index (χ2v) is 2.34. The van der Waals surface area contributed by atoms with Crippen LogP contribution in [0.3, 0.4) is 0 Å². The van der Waals surface area contributed by atoms with Crippen molar-refractivity contribution in [2.75, 3.05) is 6.54 Å². The van der Waals surface area contributed by atoms with Crippen molar-refractivity contribution in [2.45, 2.75) is 0 Å². The molecule has 1 rings (SSSR count). The van der Waals surface area contributed by atoms with Crippen LogP contribution in [0.5, 0.6) is 0 Å². The molecule has 1 aromatic heterocycles. The summed E-state index contributed by atoms with van der Waals surface area (Å²) >= 11 is 0. The van der Waals surface area contributed by atoms with Gasteiger partial charge in [0.2, 0.25) is 0 Å². The number of carboxylic acid groups (broad SMARTS) is 1. The number of rotatable bonds is 3. The average Bonchev–Trinajstić information content (AvgIpc) is 2.14. The fraction of sp³-hybridized carbons (Fsp3) is 0.111. The lowest BCUT2D eigenvalue weighted by molar-refractivity contribution is 0.195. The molecule has 0 aliphatic heterocycles. The van der Waals surface area contributed by atoms with E-state index in [4.69, 9.17) is 5.11 Å². The van der Waals surface area contributed by atoms with E-state index >= 15 is 0 Å². The molecule has 0 bridgehead atoms. The first-order chi connectivity index (χ1) is 6.29. The average molecular weight is 178 g/mol. The molecule has 4 heteroatoms. The van der Waals surface area contributed by atoms with E-state index in [1.807, 2.05) is 18.2 Å². The number of nitrogens with one attached hydrogen (secondary N) is 1. The van der Waals surface area contributed by atoms with Crippen molar-refractivity contribution >= 4 is 12.2 Å². The van der Waals surface area contributed by atoms with Gasteiger partial charge < -0.3 is 10.4 Å². The van der Waals surface area contributed by atoms with Gasteiger partial charge in [0, 0.05) is 12.7 Å². The molecule has 13 heavy (non-hydrogen) atoms.